The molecular formula is C17H13BrFN3O2. The first-order valence-electron chi connectivity index (χ1n) is 7.22. The van der Waals surface area contributed by atoms with Gasteiger partial charge in [0, 0.05) is 4.47 Å². The molecule has 0 spiro atoms. The van der Waals surface area contributed by atoms with E-state index in [-0.39, 0.29) is 23.9 Å². The zero-order valence-corrected chi connectivity index (χ0v) is 14.0. The highest BCUT2D eigenvalue weighted by Gasteiger charge is 2.24. The van der Waals surface area contributed by atoms with Crippen LogP contribution in [0.4, 0.5) is 4.39 Å². The molecule has 1 aliphatic rings. The van der Waals surface area contributed by atoms with E-state index < -0.39 is 17.8 Å². The lowest BCUT2D eigenvalue weighted by Gasteiger charge is -2.21. The molecule has 0 unspecified atom stereocenters. The van der Waals surface area contributed by atoms with Gasteiger partial charge in [-0.25, -0.2) is 9.38 Å². The zero-order chi connectivity index (χ0) is 17.1. The van der Waals surface area contributed by atoms with Crippen molar-refractivity contribution in [2.45, 2.75) is 12.5 Å². The van der Waals surface area contributed by atoms with Crippen LogP contribution in [0.3, 0.4) is 0 Å². The monoisotopic (exact) mass is 389 g/mol. The quantitative estimate of drug-likeness (QED) is 0.828. The maximum atomic E-state index is 13.7. The Morgan fingerprint density at radius 1 is 1.21 bits per heavy atom. The van der Waals surface area contributed by atoms with Crippen molar-refractivity contribution in [3.8, 4) is 0 Å². The molecule has 1 aliphatic heterocycles. The Morgan fingerprint density at radius 3 is 2.62 bits per heavy atom. The van der Waals surface area contributed by atoms with Gasteiger partial charge in [0.2, 0.25) is 11.9 Å². The molecule has 24 heavy (non-hydrogen) atoms. The van der Waals surface area contributed by atoms with Crippen LogP contribution < -0.4 is 10.6 Å². The van der Waals surface area contributed by atoms with Crippen molar-refractivity contribution in [1.82, 2.24) is 10.6 Å². The van der Waals surface area contributed by atoms with Crippen molar-refractivity contribution < 1.29 is 14.0 Å². The summed E-state index contributed by atoms with van der Waals surface area (Å²) < 4.78 is 14.6. The van der Waals surface area contributed by atoms with Crippen LogP contribution in [-0.2, 0) is 4.79 Å². The second-order valence-electron chi connectivity index (χ2n) is 5.23. The molecule has 122 valence electrons. The summed E-state index contributed by atoms with van der Waals surface area (Å²) in [5.74, 6) is -1.54. The molecule has 0 fully saturated rings. The second kappa shape index (κ2) is 6.92. The Bertz CT molecular complexity index is 821. The van der Waals surface area contributed by atoms with Gasteiger partial charge in [-0.05, 0) is 29.8 Å². The molecule has 2 aromatic rings. The predicted octanol–water partition coefficient (Wildman–Crippen LogP) is 2.94. The molecule has 2 N–H and O–H groups in total. The van der Waals surface area contributed by atoms with Gasteiger partial charge in [-0.2, -0.15) is 0 Å². The summed E-state index contributed by atoms with van der Waals surface area (Å²) in [6.45, 7) is 0. The SMILES string of the molecule is O=C1C[C@@H](c2ccc(Br)cc2)N=C(NC(=O)c2ccccc2F)N1. The summed E-state index contributed by atoms with van der Waals surface area (Å²) in [7, 11) is 0. The Labute approximate surface area is 146 Å². The van der Waals surface area contributed by atoms with Crippen molar-refractivity contribution in [2.75, 3.05) is 0 Å². The van der Waals surface area contributed by atoms with Gasteiger partial charge in [-0.3, -0.25) is 20.2 Å². The van der Waals surface area contributed by atoms with Crippen LogP contribution in [0.2, 0.25) is 0 Å². The summed E-state index contributed by atoms with van der Waals surface area (Å²) in [5, 5.41) is 4.94. The molecule has 1 heterocycles. The standard InChI is InChI=1S/C17H13BrFN3O2/c18-11-7-5-10(6-8-11)14-9-15(23)21-17(20-14)22-16(24)12-3-1-2-4-13(12)19/h1-8,14H,9H2,(H2,20,21,22,23,24)/t14-/m0/s1. The van der Waals surface area contributed by atoms with Crippen LogP contribution in [0.15, 0.2) is 58.0 Å². The van der Waals surface area contributed by atoms with Crippen LogP contribution in [0.5, 0.6) is 0 Å². The Morgan fingerprint density at radius 2 is 1.92 bits per heavy atom. The van der Waals surface area contributed by atoms with Gasteiger partial charge in [0.25, 0.3) is 5.91 Å². The first-order chi connectivity index (χ1) is 11.5. The molecule has 0 saturated carbocycles. The minimum atomic E-state index is -0.663. The molecule has 0 aromatic heterocycles. The number of benzene rings is 2. The Hall–Kier alpha value is -2.54. The van der Waals surface area contributed by atoms with Gasteiger partial charge in [-0.1, -0.05) is 40.2 Å². The number of guanidine groups is 1. The van der Waals surface area contributed by atoms with E-state index in [2.05, 4.69) is 31.6 Å². The summed E-state index contributed by atoms with van der Waals surface area (Å²) in [5.41, 5.74) is 0.742. The van der Waals surface area contributed by atoms with Crippen LogP contribution in [0, 0.1) is 5.82 Å². The normalized spacial score (nSPS) is 17.0. The van der Waals surface area contributed by atoms with Crippen molar-refractivity contribution in [3.63, 3.8) is 0 Å². The van der Waals surface area contributed by atoms with Crippen molar-refractivity contribution >= 4 is 33.7 Å². The van der Waals surface area contributed by atoms with Gasteiger partial charge in [0.1, 0.15) is 5.82 Å². The Balaban J connectivity index is 1.81. The third-order valence-corrected chi connectivity index (χ3v) is 4.06. The van der Waals surface area contributed by atoms with Gasteiger partial charge in [0.05, 0.1) is 18.0 Å². The van der Waals surface area contributed by atoms with E-state index in [4.69, 9.17) is 0 Å². The first kappa shape index (κ1) is 16.3. The third kappa shape index (κ3) is 3.68. The van der Waals surface area contributed by atoms with E-state index in [1.807, 2.05) is 24.3 Å². The van der Waals surface area contributed by atoms with E-state index in [1.165, 1.54) is 18.2 Å². The zero-order valence-electron chi connectivity index (χ0n) is 12.4. The number of hydrogen-bond donors (Lipinski definition) is 2. The Kier molecular flexibility index (Phi) is 4.71. The second-order valence-corrected chi connectivity index (χ2v) is 6.15. The number of rotatable bonds is 2. The molecule has 0 bridgehead atoms. The average Bonchev–Trinajstić information content (AvgIpc) is 2.55. The van der Waals surface area contributed by atoms with Crippen LogP contribution in [0.25, 0.3) is 0 Å². The molecule has 0 saturated heterocycles. The van der Waals surface area contributed by atoms with Gasteiger partial charge in [0.15, 0.2) is 0 Å². The molecule has 5 nitrogen and oxygen atoms in total. The number of hydrogen-bond acceptors (Lipinski definition) is 3. The number of carbonyl (C=O) groups excluding carboxylic acids is 2. The van der Waals surface area contributed by atoms with Crippen molar-refractivity contribution in [2.24, 2.45) is 4.99 Å². The minimum Gasteiger partial charge on any atom is -0.296 e. The number of carbonyl (C=O) groups is 2. The summed E-state index contributed by atoms with van der Waals surface area (Å²) in [6.07, 6.45) is 0.181. The highest BCUT2D eigenvalue weighted by Crippen LogP contribution is 2.25. The maximum Gasteiger partial charge on any atom is 0.260 e. The van der Waals surface area contributed by atoms with Crippen molar-refractivity contribution in [3.05, 3.63) is 69.9 Å². The van der Waals surface area contributed by atoms with Crippen LogP contribution in [0.1, 0.15) is 28.4 Å². The molecule has 2 amide bonds. The number of aliphatic imine (C=N–C) groups is 1. The fourth-order valence-electron chi connectivity index (χ4n) is 2.35. The topological polar surface area (TPSA) is 70.6 Å². The number of nitrogens with one attached hydrogen (secondary N) is 2. The molecular weight excluding hydrogens is 377 g/mol. The lowest BCUT2D eigenvalue weighted by Crippen LogP contribution is -2.47. The van der Waals surface area contributed by atoms with E-state index in [0.717, 1.165) is 10.0 Å². The number of amides is 2. The highest BCUT2D eigenvalue weighted by atomic mass is 79.9. The number of nitrogens with zero attached hydrogens (tertiary/aromatic N) is 1. The first-order valence-corrected chi connectivity index (χ1v) is 8.01. The molecule has 2 aromatic carbocycles. The van der Waals surface area contributed by atoms with E-state index in [0.29, 0.717) is 0 Å². The van der Waals surface area contributed by atoms with Gasteiger partial charge in [-0.15, -0.1) is 0 Å². The van der Waals surface area contributed by atoms with E-state index >= 15 is 0 Å². The van der Waals surface area contributed by atoms with Crippen LogP contribution >= 0.6 is 15.9 Å². The molecule has 3 rings (SSSR count). The number of halogens is 2. The lowest BCUT2D eigenvalue weighted by molar-refractivity contribution is -0.120. The summed E-state index contributed by atoms with van der Waals surface area (Å²) >= 11 is 3.35. The largest absolute Gasteiger partial charge is 0.296 e. The fraction of sp³-hybridized carbons (Fsp3) is 0.118. The fourth-order valence-corrected chi connectivity index (χ4v) is 2.62. The lowest BCUT2D eigenvalue weighted by atomic mass is 10.0. The predicted molar refractivity (Wildman–Crippen MR) is 90.9 cm³/mol. The molecule has 1 atom stereocenters. The van der Waals surface area contributed by atoms with E-state index in [1.54, 1.807) is 6.07 Å². The van der Waals surface area contributed by atoms with Gasteiger partial charge >= 0.3 is 0 Å². The van der Waals surface area contributed by atoms with Gasteiger partial charge < -0.3 is 0 Å². The third-order valence-electron chi connectivity index (χ3n) is 3.53. The van der Waals surface area contributed by atoms with Crippen molar-refractivity contribution in [1.29, 1.82) is 0 Å². The summed E-state index contributed by atoms with van der Waals surface area (Å²) in [6, 6.07) is 12.6. The van der Waals surface area contributed by atoms with E-state index in [9.17, 15) is 14.0 Å². The smallest absolute Gasteiger partial charge is 0.260 e. The molecule has 7 heteroatoms. The summed E-state index contributed by atoms with van der Waals surface area (Å²) in [4.78, 5) is 28.4. The molecule has 0 radical (unpaired) electrons. The average molecular weight is 390 g/mol. The van der Waals surface area contributed by atoms with Crippen LogP contribution in [-0.4, -0.2) is 17.8 Å². The minimum absolute atomic E-state index is 0.0208. The highest BCUT2D eigenvalue weighted by molar-refractivity contribution is 9.10. The maximum absolute atomic E-state index is 13.7. The molecule has 0 aliphatic carbocycles.